The molecule has 0 aliphatic heterocycles. The van der Waals surface area contributed by atoms with Crippen molar-refractivity contribution in [1.82, 2.24) is 0 Å². The van der Waals surface area contributed by atoms with Crippen molar-refractivity contribution in [1.29, 1.82) is 0 Å². The van der Waals surface area contributed by atoms with Crippen LogP contribution < -0.4 is 0 Å². The lowest BCUT2D eigenvalue weighted by atomic mass is 9.67. The van der Waals surface area contributed by atoms with Gasteiger partial charge in [0.1, 0.15) is 11.6 Å². The standard InChI is InChI=1S/C36H37FO2S/c1-24-20-27(7-14-33(24)37)21-26-15-17-36(3,18-16-26)23-30-22-29(34-6-5-19-39-34)10-13-32(30)35(38)25(2)28-8-11-31(40-4)12-9-28/h5-14,19-20,22,26H,2,15-18,21,23H2,1,3-4H3. The molecule has 0 unspecified atom stereocenters. The molecule has 206 valence electrons. The fourth-order valence-electron chi connectivity index (χ4n) is 6.03. The largest absolute Gasteiger partial charge is 0.464 e. The number of ketones is 1. The highest BCUT2D eigenvalue weighted by Gasteiger charge is 2.33. The highest BCUT2D eigenvalue weighted by atomic mass is 32.2. The van der Waals surface area contributed by atoms with Crippen molar-refractivity contribution in [3.8, 4) is 11.3 Å². The summed E-state index contributed by atoms with van der Waals surface area (Å²) in [5.74, 6) is 1.23. The summed E-state index contributed by atoms with van der Waals surface area (Å²) < 4.78 is 19.4. The number of furan rings is 1. The second-order valence-electron chi connectivity index (χ2n) is 11.6. The summed E-state index contributed by atoms with van der Waals surface area (Å²) in [7, 11) is 0. The van der Waals surface area contributed by atoms with Crippen LogP contribution in [0.5, 0.6) is 0 Å². The maximum Gasteiger partial charge on any atom is 0.193 e. The molecule has 1 aliphatic carbocycles. The molecule has 1 aliphatic rings. The Bertz CT molecular complexity index is 1490. The van der Waals surface area contributed by atoms with Gasteiger partial charge in [-0.05, 0) is 122 Å². The first-order valence-corrected chi connectivity index (χ1v) is 15.3. The number of halogens is 1. The summed E-state index contributed by atoms with van der Waals surface area (Å²) >= 11 is 1.68. The molecule has 0 radical (unpaired) electrons. The predicted octanol–water partition coefficient (Wildman–Crippen LogP) is 9.99. The average Bonchev–Trinajstić information content (AvgIpc) is 3.51. The van der Waals surface area contributed by atoms with E-state index in [2.05, 4.69) is 19.6 Å². The van der Waals surface area contributed by atoms with Crippen LogP contribution in [0.3, 0.4) is 0 Å². The van der Waals surface area contributed by atoms with Gasteiger partial charge in [0.15, 0.2) is 5.78 Å². The molecule has 1 saturated carbocycles. The Morgan fingerprint density at radius 3 is 2.45 bits per heavy atom. The molecule has 1 heterocycles. The monoisotopic (exact) mass is 552 g/mol. The molecule has 0 spiro atoms. The fourth-order valence-corrected chi connectivity index (χ4v) is 6.43. The van der Waals surface area contributed by atoms with Crippen molar-refractivity contribution in [3.63, 3.8) is 0 Å². The molecule has 0 N–H and O–H groups in total. The van der Waals surface area contributed by atoms with Crippen LogP contribution in [0.4, 0.5) is 4.39 Å². The number of carbonyl (C=O) groups excluding carboxylic acids is 1. The topological polar surface area (TPSA) is 30.2 Å². The number of benzene rings is 3. The lowest BCUT2D eigenvalue weighted by Gasteiger charge is -2.38. The lowest BCUT2D eigenvalue weighted by molar-refractivity contribution is 0.105. The third kappa shape index (κ3) is 6.33. The minimum Gasteiger partial charge on any atom is -0.464 e. The minimum atomic E-state index is -0.137. The van der Waals surface area contributed by atoms with E-state index in [4.69, 9.17) is 4.42 Å². The highest BCUT2D eigenvalue weighted by Crippen LogP contribution is 2.43. The summed E-state index contributed by atoms with van der Waals surface area (Å²) in [5.41, 5.74) is 6.15. The quantitative estimate of drug-likeness (QED) is 0.118. The number of hydrogen-bond acceptors (Lipinski definition) is 3. The molecule has 1 fully saturated rings. The maximum absolute atomic E-state index is 13.8. The Kier molecular flexibility index (Phi) is 8.46. The van der Waals surface area contributed by atoms with Gasteiger partial charge < -0.3 is 4.42 Å². The normalized spacial score (nSPS) is 18.9. The number of carbonyl (C=O) groups is 1. The maximum atomic E-state index is 13.8. The van der Waals surface area contributed by atoms with Gasteiger partial charge in [0, 0.05) is 21.6 Å². The zero-order chi connectivity index (χ0) is 28.3. The molecule has 4 heteroatoms. The number of hydrogen-bond donors (Lipinski definition) is 0. The second kappa shape index (κ2) is 12.0. The number of allylic oxidation sites excluding steroid dienone is 1. The van der Waals surface area contributed by atoms with Crippen LogP contribution in [0, 0.1) is 24.1 Å². The van der Waals surface area contributed by atoms with Crippen molar-refractivity contribution in [2.75, 3.05) is 6.26 Å². The molecule has 0 amide bonds. The van der Waals surface area contributed by atoms with Crippen LogP contribution in [0.25, 0.3) is 16.9 Å². The van der Waals surface area contributed by atoms with Gasteiger partial charge in [-0.2, -0.15) is 0 Å². The van der Waals surface area contributed by atoms with Gasteiger partial charge in [0.2, 0.25) is 0 Å². The van der Waals surface area contributed by atoms with E-state index >= 15 is 0 Å². The van der Waals surface area contributed by atoms with Crippen molar-refractivity contribution in [2.45, 2.75) is 57.3 Å². The molecular weight excluding hydrogens is 515 g/mol. The van der Waals surface area contributed by atoms with E-state index < -0.39 is 0 Å². The first-order valence-electron chi connectivity index (χ1n) is 14.0. The Morgan fingerprint density at radius 2 is 1.80 bits per heavy atom. The third-order valence-corrected chi connectivity index (χ3v) is 9.29. The molecule has 1 aromatic heterocycles. The third-order valence-electron chi connectivity index (χ3n) is 8.54. The van der Waals surface area contributed by atoms with Crippen molar-refractivity contribution < 1.29 is 13.6 Å². The number of thioether (sulfide) groups is 1. The zero-order valence-corrected chi connectivity index (χ0v) is 24.5. The number of rotatable bonds is 9. The molecule has 4 aromatic rings. The van der Waals surface area contributed by atoms with Crippen LogP contribution in [-0.2, 0) is 12.8 Å². The predicted molar refractivity (Wildman–Crippen MR) is 164 cm³/mol. The summed E-state index contributed by atoms with van der Waals surface area (Å²) in [4.78, 5) is 15.0. The van der Waals surface area contributed by atoms with Gasteiger partial charge in [-0.15, -0.1) is 11.8 Å². The fraction of sp³-hybridized carbons (Fsp3) is 0.306. The molecule has 0 atom stereocenters. The van der Waals surface area contributed by atoms with E-state index in [-0.39, 0.29) is 17.0 Å². The molecule has 40 heavy (non-hydrogen) atoms. The molecule has 0 saturated heterocycles. The Labute approximate surface area is 241 Å². The Balaban J connectivity index is 1.36. The van der Waals surface area contributed by atoms with E-state index in [0.29, 0.717) is 17.1 Å². The first-order chi connectivity index (χ1) is 19.2. The van der Waals surface area contributed by atoms with E-state index in [1.807, 2.05) is 73.8 Å². The van der Waals surface area contributed by atoms with Gasteiger partial charge in [-0.25, -0.2) is 4.39 Å². The van der Waals surface area contributed by atoms with Gasteiger partial charge >= 0.3 is 0 Å². The lowest BCUT2D eigenvalue weighted by Crippen LogP contribution is -2.28. The first kappa shape index (κ1) is 28.2. The highest BCUT2D eigenvalue weighted by molar-refractivity contribution is 7.98. The van der Waals surface area contributed by atoms with E-state index in [0.717, 1.165) is 71.4 Å². The summed E-state index contributed by atoms with van der Waals surface area (Å²) in [5, 5.41) is 0. The summed E-state index contributed by atoms with van der Waals surface area (Å²) in [6.07, 6.45) is 9.97. The Morgan fingerprint density at radius 1 is 1.05 bits per heavy atom. The number of aryl methyl sites for hydroxylation is 1. The molecule has 5 rings (SSSR count). The molecule has 3 aromatic carbocycles. The van der Waals surface area contributed by atoms with Crippen LogP contribution >= 0.6 is 11.8 Å². The van der Waals surface area contributed by atoms with Crippen molar-refractivity contribution >= 4 is 23.1 Å². The molecule has 2 nitrogen and oxygen atoms in total. The van der Waals surface area contributed by atoms with Gasteiger partial charge in [-0.1, -0.05) is 49.9 Å². The summed E-state index contributed by atoms with van der Waals surface area (Å²) in [6, 6.07) is 23.4. The average molecular weight is 553 g/mol. The van der Waals surface area contributed by atoms with Gasteiger partial charge in [0.25, 0.3) is 0 Å². The van der Waals surface area contributed by atoms with Crippen LogP contribution in [-0.4, -0.2) is 12.0 Å². The second-order valence-corrected chi connectivity index (χ2v) is 12.5. The van der Waals surface area contributed by atoms with Crippen LogP contribution in [0.1, 0.15) is 65.2 Å². The summed E-state index contributed by atoms with van der Waals surface area (Å²) in [6.45, 7) is 8.39. The minimum absolute atomic E-state index is 0.0261. The Hall–Kier alpha value is -3.37. The number of Topliss-reactive ketones (excluding diaryl/α,β-unsaturated/α-hetero) is 1. The van der Waals surface area contributed by atoms with E-state index in [1.165, 1.54) is 5.56 Å². The van der Waals surface area contributed by atoms with Gasteiger partial charge in [0.05, 0.1) is 6.26 Å². The zero-order valence-electron chi connectivity index (χ0n) is 23.6. The molecular formula is C36H37FO2S. The smallest absolute Gasteiger partial charge is 0.193 e. The van der Waals surface area contributed by atoms with E-state index in [9.17, 15) is 9.18 Å². The van der Waals surface area contributed by atoms with E-state index in [1.54, 1.807) is 24.1 Å². The van der Waals surface area contributed by atoms with Crippen molar-refractivity contribution in [2.24, 2.45) is 11.3 Å². The van der Waals surface area contributed by atoms with Crippen molar-refractivity contribution in [3.05, 3.63) is 119 Å². The van der Waals surface area contributed by atoms with Crippen LogP contribution in [0.2, 0.25) is 0 Å². The van der Waals surface area contributed by atoms with Gasteiger partial charge in [-0.3, -0.25) is 4.79 Å². The SMILES string of the molecule is C=C(C(=O)c1ccc(-c2ccco2)cc1CC1(C)CCC(Cc2ccc(F)c(C)c2)CC1)c1ccc(SC)cc1. The molecule has 0 bridgehead atoms. The van der Waals surface area contributed by atoms with Crippen LogP contribution in [0.15, 0.2) is 95.0 Å².